The molecule has 3 aromatic heterocycles. The zero-order valence-electron chi connectivity index (χ0n) is 14.3. The van der Waals surface area contributed by atoms with E-state index in [0.29, 0.717) is 0 Å². The maximum Gasteiger partial charge on any atom is 0.191 e. The van der Waals surface area contributed by atoms with Crippen molar-refractivity contribution >= 4 is 17.0 Å². The molecule has 6 heteroatoms. The molecule has 24 heavy (non-hydrogen) atoms. The van der Waals surface area contributed by atoms with Crippen LogP contribution in [-0.4, -0.2) is 29.5 Å². The average Bonchev–Trinajstić information content (AvgIpc) is 3.20. The topological polar surface area (TPSA) is 78.2 Å². The maximum atomic E-state index is 5.65. The van der Waals surface area contributed by atoms with Gasteiger partial charge in [-0.3, -0.25) is 4.99 Å². The number of hydrogen-bond acceptors (Lipinski definition) is 3. The number of nitrogens with zero attached hydrogens (tertiary/aromatic N) is 2. The van der Waals surface area contributed by atoms with Crippen LogP contribution in [0, 0.1) is 6.92 Å². The molecule has 6 nitrogen and oxygen atoms in total. The van der Waals surface area contributed by atoms with E-state index in [9.17, 15) is 0 Å². The number of aromatic amines is 1. The van der Waals surface area contributed by atoms with Gasteiger partial charge in [0.2, 0.25) is 0 Å². The highest BCUT2D eigenvalue weighted by atomic mass is 16.3. The number of hydrogen-bond donors (Lipinski definition) is 3. The highest BCUT2D eigenvalue weighted by Crippen LogP contribution is 2.16. The van der Waals surface area contributed by atoms with Crippen molar-refractivity contribution in [3.63, 3.8) is 0 Å². The van der Waals surface area contributed by atoms with E-state index in [4.69, 9.17) is 4.42 Å². The number of rotatable bonds is 5. The first kappa shape index (κ1) is 16.1. The summed E-state index contributed by atoms with van der Waals surface area (Å²) >= 11 is 0. The monoisotopic (exact) mass is 325 g/mol. The molecule has 126 valence electrons. The first-order valence-electron chi connectivity index (χ1n) is 8.12. The van der Waals surface area contributed by atoms with Crippen LogP contribution < -0.4 is 10.6 Å². The standard InChI is InChI=1S/C18H23N5O/c1-12-6-7-16(24-12)13(2)23-18(19-3)21-10-8-14-11-22-17-15(14)5-4-9-20-17/h4-7,9,11,13H,8,10H2,1-3H3,(H,20,22)(H2,19,21,23). The summed E-state index contributed by atoms with van der Waals surface area (Å²) in [7, 11) is 1.77. The smallest absolute Gasteiger partial charge is 0.191 e. The van der Waals surface area contributed by atoms with E-state index in [-0.39, 0.29) is 6.04 Å². The van der Waals surface area contributed by atoms with Gasteiger partial charge in [0.25, 0.3) is 0 Å². The fourth-order valence-electron chi connectivity index (χ4n) is 2.69. The van der Waals surface area contributed by atoms with Crippen LogP contribution >= 0.6 is 0 Å². The zero-order chi connectivity index (χ0) is 16.9. The van der Waals surface area contributed by atoms with Gasteiger partial charge < -0.3 is 20.0 Å². The minimum Gasteiger partial charge on any atom is -0.464 e. The van der Waals surface area contributed by atoms with Crippen molar-refractivity contribution in [2.45, 2.75) is 26.3 Å². The third kappa shape index (κ3) is 3.59. The van der Waals surface area contributed by atoms with Crippen LogP contribution in [0.15, 0.2) is 46.1 Å². The van der Waals surface area contributed by atoms with E-state index in [2.05, 4.69) is 38.6 Å². The zero-order valence-corrected chi connectivity index (χ0v) is 14.3. The minimum absolute atomic E-state index is 0.0576. The van der Waals surface area contributed by atoms with Crippen LogP contribution in [0.25, 0.3) is 11.0 Å². The Morgan fingerprint density at radius 1 is 1.38 bits per heavy atom. The molecule has 0 aliphatic rings. The Hall–Kier alpha value is -2.76. The SMILES string of the molecule is CN=C(NCCc1c[nH]c2ncccc12)NC(C)c1ccc(C)o1. The van der Waals surface area contributed by atoms with Gasteiger partial charge in [0, 0.05) is 31.4 Å². The maximum absolute atomic E-state index is 5.65. The molecule has 1 atom stereocenters. The Labute approximate surface area is 141 Å². The molecule has 1 unspecified atom stereocenters. The fraction of sp³-hybridized carbons (Fsp3) is 0.333. The molecule has 0 aliphatic heterocycles. The Balaban J connectivity index is 1.54. The highest BCUT2D eigenvalue weighted by Gasteiger charge is 2.11. The second-order valence-corrected chi connectivity index (χ2v) is 5.78. The largest absolute Gasteiger partial charge is 0.464 e. The van der Waals surface area contributed by atoms with E-state index in [1.807, 2.05) is 31.3 Å². The molecule has 3 heterocycles. The Kier molecular flexibility index (Phi) is 4.84. The molecule has 0 saturated carbocycles. The van der Waals surface area contributed by atoms with Gasteiger partial charge in [0.1, 0.15) is 17.2 Å². The van der Waals surface area contributed by atoms with Gasteiger partial charge in [-0.15, -0.1) is 0 Å². The number of H-pyrrole nitrogens is 1. The number of fused-ring (bicyclic) bond motifs is 1. The summed E-state index contributed by atoms with van der Waals surface area (Å²) in [6.45, 7) is 4.78. The van der Waals surface area contributed by atoms with Gasteiger partial charge in [-0.05, 0) is 50.1 Å². The van der Waals surface area contributed by atoms with Gasteiger partial charge in [-0.2, -0.15) is 0 Å². The number of furan rings is 1. The predicted octanol–water partition coefficient (Wildman–Crippen LogP) is 2.93. The Bertz CT molecular complexity index is 833. The number of aliphatic imine (C=N–C) groups is 1. The van der Waals surface area contributed by atoms with E-state index >= 15 is 0 Å². The minimum atomic E-state index is 0.0576. The van der Waals surface area contributed by atoms with Crippen LogP contribution in [0.1, 0.15) is 30.0 Å². The van der Waals surface area contributed by atoms with Crippen molar-refractivity contribution in [3.8, 4) is 0 Å². The quantitative estimate of drug-likeness (QED) is 0.498. The third-order valence-corrected chi connectivity index (χ3v) is 3.99. The predicted molar refractivity (Wildman–Crippen MR) is 96.2 cm³/mol. The molecule has 0 aliphatic carbocycles. The highest BCUT2D eigenvalue weighted by molar-refractivity contribution is 5.81. The lowest BCUT2D eigenvalue weighted by atomic mass is 10.1. The van der Waals surface area contributed by atoms with E-state index in [1.165, 1.54) is 10.9 Å². The van der Waals surface area contributed by atoms with Gasteiger partial charge in [0.15, 0.2) is 5.96 Å². The van der Waals surface area contributed by atoms with Crippen LogP contribution in [0.5, 0.6) is 0 Å². The van der Waals surface area contributed by atoms with Gasteiger partial charge in [-0.1, -0.05) is 0 Å². The molecule has 3 rings (SSSR count). The van der Waals surface area contributed by atoms with Crippen molar-refractivity contribution < 1.29 is 4.42 Å². The summed E-state index contributed by atoms with van der Waals surface area (Å²) < 4.78 is 5.65. The summed E-state index contributed by atoms with van der Waals surface area (Å²) in [4.78, 5) is 11.8. The second kappa shape index (κ2) is 7.21. The summed E-state index contributed by atoms with van der Waals surface area (Å²) in [5.41, 5.74) is 2.17. The van der Waals surface area contributed by atoms with Gasteiger partial charge >= 0.3 is 0 Å². The van der Waals surface area contributed by atoms with Crippen molar-refractivity contribution in [1.29, 1.82) is 0 Å². The first-order chi connectivity index (χ1) is 11.7. The van der Waals surface area contributed by atoms with Crippen LogP contribution in [0.4, 0.5) is 0 Å². The molecule has 3 N–H and O–H groups in total. The molecule has 0 bridgehead atoms. The number of aryl methyl sites for hydroxylation is 1. The van der Waals surface area contributed by atoms with Crippen molar-refractivity contribution in [3.05, 3.63) is 53.7 Å². The molecular formula is C18H23N5O. The van der Waals surface area contributed by atoms with Crippen LogP contribution in [0.3, 0.4) is 0 Å². The Morgan fingerprint density at radius 3 is 3.00 bits per heavy atom. The summed E-state index contributed by atoms with van der Waals surface area (Å²) in [5.74, 6) is 2.57. The van der Waals surface area contributed by atoms with Crippen molar-refractivity contribution in [2.75, 3.05) is 13.6 Å². The molecular weight excluding hydrogens is 302 g/mol. The van der Waals surface area contributed by atoms with E-state index in [1.54, 1.807) is 13.2 Å². The lowest BCUT2D eigenvalue weighted by Crippen LogP contribution is -2.39. The number of aromatic nitrogens is 2. The molecule has 0 spiro atoms. The summed E-state index contributed by atoms with van der Waals surface area (Å²) in [5, 5.41) is 7.85. The van der Waals surface area contributed by atoms with Gasteiger partial charge in [-0.25, -0.2) is 4.98 Å². The molecule has 0 fully saturated rings. The van der Waals surface area contributed by atoms with E-state index in [0.717, 1.165) is 36.1 Å². The molecule has 0 radical (unpaired) electrons. The normalized spacial score (nSPS) is 13.2. The Morgan fingerprint density at radius 2 is 2.25 bits per heavy atom. The fourth-order valence-corrected chi connectivity index (χ4v) is 2.69. The second-order valence-electron chi connectivity index (χ2n) is 5.78. The summed E-state index contributed by atoms with van der Waals surface area (Å²) in [6.07, 6.45) is 4.70. The lowest BCUT2D eigenvalue weighted by molar-refractivity contribution is 0.441. The van der Waals surface area contributed by atoms with E-state index < -0.39 is 0 Å². The van der Waals surface area contributed by atoms with Gasteiger partial charge in [0.05, 0.1) is 6.04 Å². The molecule has 0 saturated heterocycles. The van der Waals surface area contributed by atoms with Crippen molar-refractivity contribution in [2.24, 2.45) is 4.99 Å². The van der Waals surface area contributed by atoms with Crippen LogP contribution in [0.2, 0.25) is 0 Å². The lowest BCUT2D eigenvalue weighted by Gasteiger charge is -2.16. The summed E-state index contributed by atoms with van der Waals surface area (Å²) in [6, 6.07) is 8.05. The average molecular weight is 325 g/mol. The number of nitrogens with one attached hydrogen (secondary N) is 3. The third-order valence-electron chi connectivity index (χ3n) is 3.99. The molecule has 0 amide bonds. The molecule has 0 aromatic carbocycles. The number of guanidine groups is 1. The number of pyridine rings is 1. The van der Waals surface area contributed by atoms with Crippen molar-refractivity contribution in [1.82, 2.24) is 20.6 Å². The molecule has 3 aromatic rings. The van der Waals surface area contributed by atoms with Crippen LogP contribution in [-0.2, 0) is 6.42 Å². The first-order valence-corrected chi connectivity index (χ1v) is 8.12.